The average Bonchev–Trinajstić information content (AvgIpc) is 2.39. The van der Waals surface area contributed by atoms with E-state index in [2.05, 4.69) is 0 Å². The molecule has 0 heterocycles. The summed E-state index contributed by atoms with van der Waals surface area (Å²) in [6.45, 7) is 0.878. The molecule has 2 N–H and O–H groups in total. The summed E-state index contributed by atoms with van der Waals surface area (Å²) in [6, 6.07) is 7.88. The van der Waals surface area contributed by atoms with E-state index in [1.165, 1.54) is 32.1 Å². The lowest BCUT2D eigenvalue weighted by Crippen LogP contribution is -2.47. The van der Waals surface area contributed by atoms with E-state index in [-0.39, 0.29) is 0 Å². The number of hydrogen-bond donors (Lipinski definition) is 1. The molecule has 2 nitrogen and oxygen atoms in total. The Balaban J connectivity index is 1.45. The zero-order valence-electron chi connectivity index (χ0n) is 11.4. The van der Waals surface area contributed by atoms with Gasteiger partial charge in [-0.2, -0.15) is 0 Å². The van der Waals surface area contributed by atoms with Crippen LogP contribution in [-0.4, -0.2) is 6.61 Å². The molecule has 4 aliphatic rings. The van der Waals surface area contributed by atoms with Crippen LogP contribution >= 0.6 is 0 Å². The number of anilines is 1. The van der Waals surface area contributed by atoms with Crippen LogP contribution in [0.2, 0.25) is 0 Å². The molecule has 4 aliphatic carbocycles. The van der Waals surface area contributed by atoms with Gasteiger partial charge in [0.1, 0.15) is 5.75 Å². The van der Waals surface area contributed by atoms with Gasteiger partial charge in [0, 0.05) is 0 Å². The second-order valence-electron chi connectivity index (χ2n) is 6.94. The number of nitrogens with two attached hydrogens (primary N) is 1. The van der Waals surface area contributed by atoms with Crippen LogP contribution in [0.4, 0.5) is 5.69 Å². The summed E-state index contributed by atoms with van der Waals surface area (Å²) in [5, 5.41) is 0. The van der Waals surface area contributed by atoms with E-state index in [0.29, 0.717) is 0 Å². The summed E-state index contributed by atoms with van der Waals surface area (Å²) in [5.41, 5.74) is 6.73. The van der Waals surface area contributed by atoms with Gasteiger partial charge in [-0.05, 0) is 73.8 Å². The van der Waals surface area contributed by atoms with Crippen molar-refractivity contribution in [3.8, 4) is 5.75 Å². The van der Waals surface area contributed by atoms with Crippen molar-refractivity contribution >= 4 is 5.69 Å². The molecule has 0 aromatic heterocycles. The molecule has 0 aliphatic heterocycles. The van der Waals surface area contributed by atoms with E-state index in [4.69, 9.17) is 10.5 Å². The first-order valence-corrected chi connectivity index (χ1v) is 7.77. The average molecular weight is 257 g/mol. The van der Waals surface area contributed by atoms with Gasteiger partial charge in [-0.3, -0.25) is 0 Å². The minimum Gasteiger partial charge on any atom is -0.491 e. The van der Waals surface area contributed by atoms with Gasteiger partial charge in [0.05, 0.1) is 12.3 Å². The summed E-state index contributed by atoms with van der Waals surface area (Å²) in [6.07, 6.45) is 7.37. The van der Waals surface area contributed by atoms with Gasteiger partial charge in [0.15, 0.2) is 0 Å². The number of rotatable bonds is 3. The van der Waals surface area contributed by atoms with Crippen molar-refractivity contribution < 1.29 is 4.74 Å². The molecule has 2 heteroatoms. The van der Waals surface area contributed by atoms with Gasteiger partial charge >= 0.3 is 0 Å². The number of ether oxygens (including phenoxy) is 1. The van der Waals surface area contributed by atoms with Crippen LogP contribution in [0.5, 0.6) is 5.75 Å². The standard InChI is InChI=1S/C17H23NO/c18-16-3-1-2-4-17(16)19-10-15-13-6-11-5-12(8-13)9-14(15)7-11/h1-4,11-15H,5-10,18H2. The highest BCUT2D eigenvalue weighted by atomic mass is 16.5. The molecule has 0 unspecified atom stereocenters. The lowest BCUT2D eigenvalue weighted by Gasteiger charge is -2.54. The molecule has 4 saturated carbocycles. The van der Waals surface area contributed by atoms with Gasteiger partial charge in [-0.15, -0.1) is 0 Å². The van der Waals surface area contributed by atoms with Crippen LogP contribution in [0.15, 0.2) is 24.3 Å². The zero-order valence-corrected chi connectivity index (χ0v) is 11.4. The summed E-state index contributed by atoms with van der Waals surface area (Å²) in [4.78, 5) is 0. The molecule has 0 amide bonds. The molecule has 0 saturated heterocycles. The molecule has 4 bridgehead atoms. The zero-order chi connectivity index (χ0) is 12.8. The van der Waals surface area contributed by atoms with Crippen molar-refractivity contribution in [1.29, 1.82) is 0 Å². The summed E-state index contributed by atoms with van der Waals surface area (Å²) in [5.74, 6) is 5.60. The van der Waals surface area contributed by atoms with Crippen LogP contribution in [0.25, 0.3) is 0 Å². The number of benzene rings is 1. The fourth-order valence-electron chi connectivity index (χ4n) is 5.11. The molecule has 1 aromatic carbocycles. The minimum atomic E-state index is 0.770. The molecular weight excluding hydrogens is 234 g/mol. The van der Waals surface area contributed by atoms with Gasteiger partial charge in [0.25, 0.3) is 0 Å². The molecule has 5 rings (SSSR count). The van der Waals surface area contributed by atoms with E-state index in [1.54, 1.807) is 0 Å². The molecule has 0 radical (unpaired) electrons. The Bertz CT molecular complexity index is 442. The van der Waals surface area contributed by atoms with E-state index < -0.39 is 0 Å². The molecule has 0 spiro atoms. The van der Waals surface area contributed by atoms with E-state index in [0.717, 1.165) is 47.6 Å². The Hall–Kier alpha value is -1.18. The lowest BCUT2D eigenvalue weighted by molar-refractivity contribution is -0.0528. The highest BCUT2D eigenvalue weighted by molar-refractivity contribution is 5.51. The van der Waals surface area contributed by atoms with Gasteiger partial charge < -0.3 is 10.5 Å². The van der Waals surface area contributed by atoms with Crippen molar-refractivity contribution in [2.75, 3.05) is 12.3 Å². The van der Waals surface area contributed by atoms with Crippen LogP contribution in [0.3, 0.4) is 0 Å². The van der Waals surface area contributed by atoms with Crippen molar-refractivity contribution in [3.63, 3.8) is 0 Å². The summed E-state index contributed by atoms with van der Waals surface area (Å²) in [7, 11) is 0. The van der Waals surface area contributed by atoms with E-state index in [1.807, 2.05) is 24.3 Å². The smallest absolute Gasteiger partial charge is 0.142 e. The van der Waals surface area contributed by atoms with Crippen LogP contribution in [0.1, 0.15) is 32.1 Å². The Kier molecular flexibility index (Phi) is 2.71. The summed E-state index contributed by atoms with van der Waals surface area (Å²) >= 11 is 0. The van der Waals surface area contributed by atoms with E-state index >= 15 is 0 Å². The molecule has 102 valence electrons. The number of para-hydroxylation sites is 2. The predicted molar refractivity (Wildman–Crippen MR) is 76.9 cm³/mol. The third-order valence-corrected chi connectivity index (χ3v) is 5.77. The monoisotopic (exact) mass is 257 g/mol. The highest BCUT2D eigenvalue weighted by Crippen LogP contribution is 2.56. The predicted octanol–water partition coefficient (Wildman–Crippen LogP) is 3.72. The Morgan fingerprint density at radius 3 is 2.21 bits per heavy atom. The molecule has 1 aromatic rings. The fraction of sp³-hybridized carbons (Fsp3) is 0.647. The largest absolute Gasteiger partial charge is 0.491 e. The first-order chi connectivity index (χ1) is 9.29. The van der Waals surface area contributed by atoms with Crippen LogP contribution in [0, 0.1) is 29.6 Å². The Morgan fingerprint density at radius 1 is 0.947 bits per heavy atom. The maximum absolute atomic E-state index is 6.04. The van der Waals surface area contributed by atoms with Gasteiger partial charge in [-0.1, -0.05) is 12.1 Å². The van der Waals surface area contributed by atoms with Crippen molar-refractivity contribution in [2.24, 2.45) is 29.6 Å². The molecule has 0 atom stereocenters. The minimum absolute atomic E-state index is 0.770. The first-order valence-electron chi connectivity index (χ1n) is 7.77. The quantitative estimate of drug-likeness (QED) is 0.838. The molecular formula is C17H23NO. The third kappa shape index (κ3) is 2.01. The van der Waals surface area contributed by atoms with Crippen LogP contribution in [-0.2, 0) is 0 Å². The van der Waals surface area contributed by atoms with Crippen molar-refractivity contribution in [3.05, 3.63) is 24.3 Å². The second-order valence-corrected chi connectivity index (χ2v) is 6.94. The SMILES string of the molecule is Nc1ccccc1OCC1C2CC3CC(C2)CC1C3. The lowest BCUT2D eigenvalue weighted by atomic mass is 9.52. The van der Waals surface area contributed by atoms with Crippen LogP contribution < -0.4 is 10.5 Å². The number of nitrogen functional groups attached to an aromatic ring is 1. The van der Waals surface area contributed by atoms with Crippen molar-refractivity contribution in [2.45, 2.75) is 32.1 Å². The maximum atomic E-state index is 6.04. The van der Waals surface area contributed by atoms with E-state index in [9.17, 15) is 0 Å². The highest BCUT2D eigenvalue weighted by Gasteiger charge is 2.48. The first kappa shape index (κ1) is 11.6. The van der Waals surface area contributed by atoms with Gasteiger partial charge in [0.2, 0.25) is 0 Å². The topological polar surface area (TPSA) is 35.2 Å². The molecule has 4 fully saturated rings. The number of hydrogen-bond acceptors (Lipinski definition) is 2. The van der Waals surface area contributed by atoms with Crippen molar-refractivity contribution in [1.82, 2.24) is 0 Å². The molecule has 19 heavy (non-hydrogen) atoms. The van der Waals surface area contributed by atoms with Gasteiger partial charge in [-0.25, -0.2) is 0 Å². The third-order valence-electron chi connectivity index (χ3n) is 5.77. The maximum Gasteiger partial charge on any atom is 0.142 e. The fourth-order valence-corrected chi connectivity index (χ4v) is 5.11. The second kappa shape index (κ2) is 4.43. The Labute approximate surface area is 115 Å². The summed E-state index contributed by atoms with van der Waals surface area (Å²) < 4.78 is 6.04. The normalized spacial score (nSPS) is 39.5. The Morgan fingerprint density at radius 2 is 1.58 bits per heavy atom.